The maximum absolute atomic E-state index is 12.9. The molecule has 2 fully saturated rings. The number of rotatable bonds is 2. The highest BCUT2D eigenvalue weighted by atomic mass is 16.3. The molecule has 1 aliphatic heterocycles. The van der Waals surface area contributed by atoms with Gasteiger partial charge in [-0.1, -0.05) is 12.8 Å². The van der Waals surface area contributed by atoms with Gasteiger partial charge in [0, 0.05) is 6.54 Å². The van der Waals surface area contributed by atoms with Crippen LogP contribution in [-0.2, 0) is 4.79 Å². The Morgan fingerprint density at radius 3 is 2.71 bits per heavy atom. The lowest BCUT2D eigenvalue weighted by Gasteiger charge is -2.31. The maximum Gasteiger partial charge on any atom is 0.228 e. The van der Waals surface area contributed by atoms with Gasteiger partial charge in [0.1, 0.15) is 11.5 Å². The highest BCUT2D eigenvalue weighted by Crippen LogP contribution is 2.35. The monoisotopic (exact) mass is 291 g/mol. The van der Waals surface area contributed by atoms with Gasteiger partial charge in [-0.2, -0.15) is 0 Å². The highest BCUT2D eigenvalue weighted by molar-refractivity contribution is 5.80. The van der Waals surface area contributed by atoms with Crippen LogP contribution in [0.25, 0.3) is 0 Å². The number of likely N-dealkylation sites (tertiary alicyclic amines) is 1. The third kappa shape index (κ3) is 3.00. The van der Waals surface area contributed by atoms with Crippen LogP contribution in [0.5, 0.6) is 0 Å². The predicted molar refractivity (Wildman–Crippen MR) is 79.7 cm³/mol. The normalized spacial score (nSPS) is 30.4. The second-order valence-corrected chi connectivity index (χ2v) is 6.45. The quantitative estimate of drug-likeness (QED) is 0.910. The Bertz CT molecular complexity index is 496. The molecule has 0 aromatic carbocycles. The number of hydrogen-bond donors (Lipinski definition) is 1. The Hall–Kier alpha value is -1.29. The summed E-state index contributed by atoms with van der Waals surface area (Å²) >= 11 is 0. The summed E-state index contributed by atoms with van der Waals surface area (Å²) in [6, 6.07) is 4.01. The first-order chi connectivity index (χ1) is 10.2. The maximum atomic E-state index is 12.9. The fraction of sp³-hybridized carbons (Fsp3) is 0.706. The summed E-state index contributed by atoms with van der Waals surface area (Å²) in [5.74, 6) is 1.71. The minimum Gasteiger partial charge on any atom is -0.464 e. The predicted octanol–water partition coefficient (Wildman–Crippen LogP) is 3.19. The summed E-state index contributed by atoms with van der Waals surface area (Å²) in [7, 11) is 0. The Morgan fingerprint density at radius 1 is 1.19 bits per heavy atom. The van der Waals surface area contributed by atoms with Crippen molar-refractivity contribution in [2.75, 3.05) is 6.54 Å². The molecule has 4 nitrogen and oxygen atoms in total. The zero-order valence-corrected chi connectivity index (χ0v) is 12.8. The van der Waals surface area contributed by atoms with Crippen LogP contribution in [-0.4, -0.2) is 28.6 Å². The molecule has 1 aromatic rings. The SMILES string of the molecule is Cc1ccc(C2CCCCCN2C(=O)C2CCCC2O)o1. The Labute approximate surface area is 126 Å². The second kappa shape index (κ2) is 6.22. The van der Waals surface area contributed by atoms with E-state index >= 15 is 0 Å². The molecular weight excluding hydrogens is 266 g/mol. The van der Waals surface area contributed by atoms with E-state index in [1.807, 2.05) is 24.0 Å². The molecule has 21 heavy (non-hydrogen) atoms. The Morgan fingerprint density at radius 2 is 2.05 bits per heavy atom. The van der Waals surface area contributed by atoms with Gasteiger partial charge >= 0.3 is 0 Å². The van der Waals surface area contributed by atoms with Crippen molar-refractivity contribution in [3.05, 3.63) is 23.7 Å². The van der Waals surface area contributed by atoms with Crippen molar-refractivity contribution in [1.29, 1.82) is 0 Å². The average Bonchev–Trinajstić information content (AvgIpc) is 3.00. The van der Waals surface area contributed by atoms with Gasteiger partial charge in [0.15, 0.2) is 0 Å². The molecule has 0 radical (unpaired) electrons. The van der Waals surface area contributed by atoms with Crippen LogP contribution < -0.4 is 0 Å². The lowest BCUT2D eigenvalue weighted by Crippen LogP contribution is -2.41. The van der Waals surface area contributed by atoms with Gasteiger partial charge in [-0.15, -0.1) is 0 Å². The van der Waals surface area contributed by atoms with Crippen LogP contribution in [0.4, 0.5) is 0 Å². The van der Waals surface area contributed by atoms with Gasteiger partial charge < -0.3 is 14.4 Å². The summed E-state index contributed by atoms with van der Waals surface area (Å²) in [6.45, 7) is 2.72. The number of hydrogen-bond acceptors (Lipinski definition) is 3. The number of carbonyl (C=O) groups excluding carboxylic acids is 1. The Balaban J connectivity index is 1.83. The molecule has 0 spiro atoms. The molecule has 1 aromatic heterocycles. The number of aliphatic hydroxyl groups is 1. The van der Waals surface area contributed by atoms with Gasteiger partial charge in [-0.3, -0.25) is 4.79 Å². The molecular formula is C17H25NO3. The van der Waals surface area contributed by atoms with Crippen molar-refractivity contribution in [2.45, 2.75) is 64.0 Å². The van der Waals surface area contributed by atoms with E-state index in [0.717, 1.165) is 63.0 Å². The second-order valence-electron chi connectivity index (χ2n) is 6.45. The van der Waals surface area contributed by atoms with Gasteiger partial charge in [0.2, 0.25) is 5.91 Å². The first-order valence-corrected chi connectivity index (χ1v) is 8.21. The van der Waals surface area contributed by atoms with E-state index in [9.17, 15) is 9.90 Å². The van der Waals surface area contributed by atoms with Crippen LogP contribution in [0.15, 0.2) is 16.5 Å². The van der Waals surface area contributed by atoms with Gasteiger partial charge in [-0.25, -0.2) is 0 Å². The molecule has 3 unspecified atom stereocenters. The minimum absolute atomic E-state index is 0.0431. The Kier molecular flexibility index (Phi) is 4.34. The standard InChI is InChI=1S/C17H25NO3/c1-12-9-10-16(21-12)14-7-3-2-4-11-18(14)17(20)13-6-5-8-15(13)19/h9-10,13-15,19H,2-8,11H2,1H3. The van der Waals surface area contributed by atoms with Crippen LogP contribution in [0.3, 0.4) is 0 Å². The molecule has 116 valence electrons. The number of aliphatic hydroxyl groups excluding tert-OH is 1. The number of furan rings is 1. The van der Waals surface area contributed by atoms with Crippen molar-refractivity contribution in [1.82, 2.24) is 4.90 Å². The van der Waals surface area contributed by atoms with Crippen LogP contribution in [0, 0.1) is 12.8 Å². The fourth-order valence-electron chi connectivity index (χ4n) is 3.74. The smallest absolute Gasteiger partial charge is 0.228 e. The van der Waals surface area contributed by atoms with E-state index in [1.165, 1.54) is 0 Å². The van der Waals surface area contributed by atoms with E-state index in [2.05, 4.69) is 0 Å². The van der Waals surface area contributed by atoms with Crippen molar-refractivity contribution in [3.8, 4) is 0 Å². The zero-order valence-electron chi connectivity index (χ0n) is 12.8. The molecule has 3 atom stereocenters. The van der Waals surface area contributed by atoms with Gasteiger partial charge in [0.05, 0.1) is 18.1 Å². The molecule has 4 heteroatoms. The minimum atomic E-state index is -0.459. The molecule has 1 saturated heterocycles. The van der Waals surface area contributed by atoms with E-state index in [-0.39, 0.29) is 17.9 Å². The van der Waals surface area contributed by atoms with Crippen LogP contribution in [0.1, 0.15) is 62.5 Å². The number of nitrogens with zero attached hydrogens (tertiary/aromatic N) is 1. The summed E-state index contributed by atoms with van der Waals surface area (Å²) in [5, 5.41) is 10.1. The molecule has 2 aliphatic rings. The number of carbonyl (C=O) groups is 1. The molecule has 1 amide bonds. The van der Waals surface area contributed by atoms with Crippen molar-refractivity contribution in [2.24, 2.45) is 5.92 Å². The summed E-state index contributed by atoms with van der Waals surface area (Å²) in [6.07, 6.45) is 6.37. The van der Waals surface area contributed by atoms with E-state index in [0.29, 0.717) is 0 Å². The van der Waals surface area contributed by atoms with E-state index < -0.39 is 6.10 Å². The summed E-state index contributed by atoms with van der Waals surface area (Å²) < 4.78 is 5.79. The first kappa shape index (κ1) is 14.6. The van der Waals surface area contributed by atoms with Crippen molar-refractivity contribution in [3.63, 3.8) is 0 Å². The number of amides is 1. The zero-order chi connectivity index (χ0) is 14.8. The molecule has 1 aliphatic carbocycles. The van der Waals surface area contributed by atoms with Gasteiger partial charge in [0.25, 0.3) is 0 Å². The third-order valence-corrected chi connectivity index (χ3v) is 4.92. The molecule has 0 bridgehead atoms. The molecule has 1 N–H and O–H groups in total. The molecule has 2 heterocycles. The molecule has 1 saturated carbocycles. The largest absolute Gasteiger partial charge is 0.464 e. The van der Waals surface area contributed by atoms with E-state index in [4.69, 9.17) is 4.42 Å². The van der Waals surface area contributed by atoms with Crippen molar-refractivity contribution >= 4 is 5.91 Å². The lowest BCUT2D eigenvalue weighted by molar-refractivity contribution is -0.141. The summed E-state index contributed by atoms with van der Waals surface area (Å²) in [4.78, 5) is 14.9. The van der Waals surface area contributed by atoms with Crippen molar-refractivity contribution < 1.29 is 14.3 Å². The van der Waals surface area contributed by atoms with E-state index in [1.54, 1.807) is 0 Å². The first-order valence-electron chi connectivity index (χ1n) is 8.21. The molecule has 3 rings (SSSR count). The topological polar surface area (TPSA) is 53.7 Å². The van der Waals surface area contributed by atoms with Crippen LogP contribution >= 0.6 is 0 Å². The van der Waals surface area contributed by atoms with Gasteiger partial charge in [-0.05, 0) is 51.2 Å². The van der Waals surface area contributed by atoms with Crippen LogP contribution in [0.2, 0.25) is 0 Å². The lowest BCUT2D eigenvalue weighted by atomic mass is 10.0. The fourth-order valence-corrected chi connectivity index (χ4v) is 3.74. The third-order valence-electron chi connectivity index (χ3n) is 4.92. The average molecular weight is 291 g/mol. The highest BCUT2D eigenvalue weighted by Gasteiger charge is 2.38. The number of aryl methyl sites for hydroxylation is 1. The summed E-state index contributed by atoms with van der Waals surface area (Å²) in [5.41, 5.74) is 0.